The van der Waals surface area contributed by atoms with E-state index in [-0.39, 0.29) is 40.8 Å². The number of aromatic nitrogens is 2. The highest BCUT2D eigenvalue weighted by Gasteiger charge is 2.36. The van der Waals surface area contributed by atoms with E-state index in [1.807, 2.05) is 6.92 Å². The van der Waals surface area contributed by atoms with E-state index < -0.39 is 46.4 Å². The minimum atomic E-state index is -4.72. The van der Waals surface area contributed by atoms with Crippen molar-refractivity contribution >= 4 is 22.1 Å². The molecule has 18 heteroatoms. The summed E-state index contributed by atoms with van der Waals surface area (Å²) in [6, 6.07) is 12.3. The molecule has 3 aromatic rings. The molecule has 0 bridgehead atoms. The smallest absolute Gasteiger partial charge is 0.435 e. The van der Waals surface area contributed by atoms with Gasteiger partial charge in [-0.05, 0) is 37.3 Å². The van der Waals surface area contributed by atoms with Crippen LogP contribution in [-0.2, 0) is 35.3 Å². The molecule has 2 heterocycles. The molecule has 1 N–H and O–H groups in total. The van der Waals surface area contributed by atoms with Crippen LogP contribution in [0.5, 0.6) is 0 Å². The summed E-state index contributed by atoms with van der Waals surface area (Å²) in [6.07, 6.45) is -7.84. The lowest BCUT2D eigenvalue weighted by atomic mass is 10.1. The molecule has 1 aliphatic heterocycles. The number of nitrogens with zero attached hydrogens (tertiary/aromatic N) is 5. The van der Waals surface area contributed by atoms with E-state index in [4.69, 9.17) is 9.57 Å². The highest BCUT2D eigenvalue weighted by Crippen LogP contribution is 2.33. The Morgan fingerprint density at radius 3 is 2.43 bits per heavy atom. The second-order valence-electron chi connectivity index (χ2n) is 9.64. The van der Waals surface area contributed by atoms with Gasteiger partial charge in [-0.25, -0.2) is 22.6 Å². The van der Waals surface area contributed by atoms with Crippen molar-refractivity contribution in [3.05, 3.63) is 71.1 Å². The number of halogens is 3. The highest BCUT2D eigenvalue weighted by atomic mass is 32.2. The number of hydrazine groups is 1. The maximum atomic E-state index is 13.5. The van der Waals surface area contributed by atoms with E-state index in [0.717, 1.165) is 40.4 Å². The van der Waals surface area contributed by atoms with Gasteiger partial charge < -0.3 is 14.7 Å². The van der Waals surface area contributed by atoms with Crippen LogP contribution in [0.2, 0.25) is 0 Å². The Labute approximate surface area is 249 Å². The second kappa shape index (κ2) is 12.8. The molecular weight excluding hydrogens is 613 g/mol. The van der Waals surface area contributed by atoms with Gasteiger partial charge in [0.2, 0.25) is 5.28 Å². The van der Waals surface area contributed by atoms with Gasteiger partial charge in [-0.3, -0.25) is 9.63 Å². The number of sulfonamides is 1. The van der Waals surface area contributed by atoms with Gasteiger partial charge in [0.1, 0.15) is 12.6 Å². The number of hydrogen-bond donors (Lipinski definition) is 1. The maximum absolute atomic E-state index is 13.5. The number of amides is 1. The summed E-state index contributed by atoms with van der Waals surface area (Å²) in [5.41, 5.74) is 0.514. The lowest BCUT2D eigenvalue weighted by Gasteiger charge is -2.14. The maximum Gasteiger partial charge on any atom is 0.435 e. The molecule has 44 heavy (non-hydrogen) atoms. The third kappa shape index (κ3) is 7.94. The Balaban J connectivity index is 1.41. The largest absolute Gasteiger partial charge is 0.569 e. The molecule has 1 aromatic heterocycles. The van der Waals surface area contributed by atoms with Crippen molar-refractivity contribution in [3.8, 4) is 16.9 Å². The van der Waals surface area contributed by atoms with Gasteiger partial charge >= 0.3 is 18.2 Å². The molecule has 2 aromatic carbocycles. The standard InChI is InChI=1S/C26H27F3N6O8S/c1-16-4-6-19(7-5-16)23-14-24(26(27,28)29)30-34(23)20-8-10-22(11-9-20)44(39,40)31-25(37)42-21-12-13-33(15-21)35(38)32-43-18(3)41-17(2)36/h4-11,14,18,21H,12-13,15H2,1-3H3,(H,31,37)/b35-32+. The summed E-state index contributed by atoms with van der Waals surface area (Å²) in [4.78, 5) is 27.7. The molecule has 0 saturated carbocycles. The number of aryl methyl sites for hydroxylation is 1. The topological polar surface area (TPSA) is 167 Å². The molecule has 1 amide bonds. The summed E-state index contributed by atoms with van der Waals surface area (Å²) in [7, 11) is -4.44. The quantitative estimate of drug-likeness (QED) is 0.118. The van der Waals surface area contributed by atoms with Crippen LogP contribution in [0, 0.1) is 12.1 Å². The molecule has 2 atom stereocenters. The molecule has 1 saturated heterocycles. The van der Waals surface area contributed by atoms with Crippen molar-refractivity contribution in [2.24, 2.45) is 5.28 Å². The number of esters is 1. The van der Waals surface area contributed by atoms with Gasteiger partial charge in [0.25, 0.3) is 16.3 Å². The minimum Gasteiger partial charge on any atom is -0.569 e. The van der Waals surface area contributed by atoms with Gasteiger partial charge in [-0.15, -0.1) is 5.01 Å². The van der Waals surface area contributed by atoms with Crippen molar-refractivity contribution in [3.63, 3.8) is 0 Å². The van der Waals surface area contributed by atoms with Crippen LogP contribution >= 0.6 is 0 Å². The van der Waals surface area contributed by atoms with Crippen LogP contribution in [0.3, 0.4) is 0 Å². The third-order valence-corrected chi connectivity index (χ3v) is 7.52. The molecular formula is C26H27F3N6O8S. The molecule has 236 valence electrons. The number of carbonyl (C=O) groups excluding carboxylic acids is 2. The number of benzene rings is 2. The second-order valence-corrected chi connectivity index (χ2v) is 11.3. The molecule has 14 nitrogen and oxygen atoms in total. The molecule has 1 aliphatic rings. The molecule has 0 aliphatic carbocycles. The lowest BCUT2D eigenvalue weighted by Crippen LogP contribution is -2.36. The predicted octanol–water partition coefficient (Wildman–Crippen LogP) is 4.07. The van der Waals surface area contributed by atoms with Crippen LogP contribution in [-0.4, -0.2) is 65.7 Å². The van der Waals surface area contributed by atoms with E-state index >= 15 is 0 Å². The molecule has 0 radical (unpaired) electrons. The Bertz CT molecular complexity index is 1640. The van der Waals surface area contributed by atoms with Gasteiger partial charge in [0.05, 0.1) is 27.8 Å². The number of alkyl halides is 3. The minimum absolute atomic E-state index is 0.0844. The highest BCUT2D eigenvalue weighted by molar-refractivity contribution is 7.90. The van der Waals surface area contributed by atoms with Crippen LogP contribution < -0.4 is 4.72 Å². The summed E-state index contributed by atoms with van der Waals surface area (Å²) >= 11 is 0. The van der Waals surface area contributed by atoms with Crippen LogP contribution in [0.25, 0.3) is 16.9 Å². The molecule has 1 fully saturated rings. The Hall–Kier alpha value is -4.87. The number of rotatable bonds is 9. The van der Waals surface area contributed by atoms with E-state index in [1.165, 1.54) is 19.1 Å². The van der Waals surface area contributed by atoms with Crippen molar-refractivity contribution in [1.82, 2.24) is 19.5 Å². The first-order valence-electron chi connectivity index (χ1n) is 13.0. The zero-order valence-corrected chi connectivity index (χ0v) is 24.3. The first-order chi connectivity index (χ1) is 20.6. The van der Waals surface area contributed by atoms with Gasteiger partial charge in [-0.1, -0.05) is 29.8 Å². The number of nitrogens with one attached hydrogen (secondary N) is 1. The van der Waals surface area contributed by atoms with Crippen molar-refractivity contribution in [2.75, 3.05) is 13.1 Å². The predicted molar refractivity (Wildman–Crippen MR) is 144 cm³/mol. The molecule has 0 spiro atoms. The average Bonchev–Trinajstić information content (AvgIpc) is 3.59. The van der Waals surface area contributed by atoms with Crippen molar-refractivity contribution in [2.45, 2.75) is 50.7 Å². The van der Waals surface area contributed by atoms with Gasteiger partial charge in [-0.2, -0.15) is 18.3 Å². The molecule has 2 unspecified atom stereocenters. The summed E-state index contributed by atoms with van der Waals surface area (Å²) in [5, 5.41) is 20.1. The normalized spacial score (nSPS) is 16.4. The first kappa shape index (κ1) is 32.1. The first-order valence-corrected chi connectivity index (χ1v) is 14.4. The van der Waals surface area contributed by atoms with E-state index in [0.29, 0.717) is 5.56 Å². The molecule has 4 rings (SSSR count). The Morgan fingerprint density at radius 2 is 1.82 bits per heavy atom. The Morgan fingerprint density at radius 1 is 1.16 bits per heavy atom. The van der Waals surface area contributed by atoms with Crippen LogP contribution in [0.15, 0.2) is 64.8 Å². The van der Waals surface area contributed by atoms with E-state index in [9.17, 15) is 36.4 Å². The van der Waals surface area contributed by atoms with E-state index in [2.05, 4.69) is 15.1 Å². The Kier molecular flexibility index (Phi) is 9.31. The number of ether oxygens (including phenoxy) is 2. The fraction of sp³-hybridized carbons (Fsp3) is 0.346. The lowest BCUT2D eigenvalue weighted by molar-refractivity contribution is -0.709. The fourth-order valence-corrected chi connectivity index (χ4v) is 5.01. The SMILES string of the molecule is CC(=O)OC(C)O/N=[N+](/[O-])N1CCC(OC(=O)NS(=O)(=O)c2ccc(-n3nc(C(F)(F)F)cc3-c3ccc(C)cc3)cc2)C1. The average molecular weight is 641 g/mol. The number of hydrogen-bond acceptors (Lipinski definition) is 10. The third-order valence-electron chi connectivity index (χ3n) is 6.19. The van der Waals surface area contributed by atoms with E-state index in [1.54, 1.807) is 29.0 Å². The summed E-state index contributed by atoms with van der Waals surface area (Å²) in [5.74, 6) is -0.638. The zero-order valence-electron chi connectivity index (χ0n) is 23.5. The van der Waals surface area contributed by atoms with Gasteiger partial charge in [0, 0.05) is 25.8 Å². The van der Waals surface area contributed by atoms with Gasteiger partial charge in [0.15, 0.2) is 5.69 Å². The monoisotopic (exact) mass is 640 g/mol. The van der Waals surface area contributed by atoms with Crippen molar-refractivity contribution < 1.29 is 50.5 Å². The summed E-state index contributed by atoms with van der Waals surface area (Å²) < 4.78 is 78.6. The number of carbonyl (C=O) groups is 2. The van der Waals surface area contributed by atoms with Crippen LogP contribution in [0.4, 0.5) is 18.0 Å². The zero-order chi connectivity index (χ0) is 32.2. The fourth-order valence-electron chi connectivity index (χ4n) is 4.13. The van der Waals surface area contributed by atoms with Crippen molar-refractivity contribution in [1.29, 1.82) is 0 Å². The van der Waals surface area contributed by atoms with Crippen LogP contribution in [0.1, 0.15) is 31.5 Å². The summed E-state index contributed by atoms with van der Waals surface area (Å²) in [6.45, 7) is 4.29.